The normalized spacial score (nSPS) is 0.667. The van der Waals surface area contributed by atoms with E-state index in [2.05, 4.69) is 0 Å². The number of hydrogen-bond acceptors (Lipinski definition) is 0. The van der Waals surface area contributed by atoms with Gasteiger partial charge in [0, 0.05) is 0 Å². The quantitative estimate of drug-likeness (QED) is 0.243. The fourth-order valence-electron chi connectivity index (χ4n) is 0. The minimum absolute atomic E-state index is 0. The molecule has 0 radical (unpaired) electrons. The Balaban J connectivity index is -0.00000000500. The van der Waals surface area contributed by atoms with Gasteiger partial charge >= 0.3 is 103 Å². The maximum absolute atomic E-state index is 5.00. The predicted octanol–water partition coefficient (Wildman–Crippen LogP) is -9.30. The molecule has 0 rings (SSSR count). The monoisotopic (exact) mass is 132 g/mol. The van der Waals surface area contributed by atoms with Gasteiger partial charge in [-0.1, -0.05) is 0 Å². The molecule has 0 aromatic rings. The Kier molecular flexibility index (Phi) is 224. The van der Waals surface area contributed by atoms with Crippen LogP contribution in [0.5, 0.6) is 0 Å². The van der Waals surface area contributed by atoms with Crippen LogP contribution in [0.25, 0.3) is 0 Å². The Morgan fingerprint density at radius 3 is 0.667 bits per heavy atom. The molecular formula is C2H2K2N2+2. The smallest absolute Gasteiger partial charge is 0.335 e. The van der Waals surface area contributed by atoms with Gasteiger partial charge in [0.05, 0.1) is 0 Å². The topological polar surface area (TPSA) is 47.6 Å². The van der Waals surface area contributed by atoms with E-state index in [-0.39, 0.29) is 103 Å². The summed E-state index contributed by atoms with van der Waals surface area (Å²) in [5, 5.41) is 10.0. The van der Waals surface area contributed by atoms with Crippen LogP contribution < -0.4 is 113 Å². The molecule has 0 atom stereocenters. The SMILES string of the molecule is [C-]#[NH+].[C-]#[NH+].[K+].[K+]. The van der Waals surface area contributed by atoms with E-state index in [1.807, 2.05) is 0 Å². The van der Waals surface area contributed by atoms with Crippen molar-refractivity contribution in [1.29, 1.82) is 0 Å². The van der Waals surface area contributed by atoms with Gasteiger partial charge in [-0.15, -0.1) is 0 Å². The summed E-state index contributed by atoms with van der Waals surface area (Å²) in [5.74, 6) is 0. The van der Waals surface area contributed by atoms with Gasteiger partial charge in [0.2, 0.25) is 0 Å². The van der Waals surface area contributed by atoms with Crippen molar-refractivity contribution in [3.8, 4) is 0 Å². The van der Waals surface area contributed by atoms with Crippen molar-refractivity contribution < 1.29 is 113 Å². The Labute approximate surface area is 123 Å². The van der Waals surface area contributed by atoms with Gasteiger partial charge in [-0.25, -0.2) is 13.1 Å². The summed E-state index contributed by atoms with van der Waals surface area (Å²) in [6.45, 7) is 10.0. The molecule has 0 unspecified atom stereocenters. The Morgan fingerprint density at radius 1 is 0.667 bits per heavy atom. The number of nitrogens with one attached hydrogen (secondary N) is 2. The van der Waals surface area contributed by atoms with Crippen molar-refractivity contribution in [2.24, 2.45) is 0 Å². The molecule has 0 heterocycles. The summed E-state index contributed by atoms with van der Waals surface area (Å²) in [7, 11) is 0. The predicted molar refractivity (Wildman–Crippen MR) is 8.41 cm³/mol. The standard InChI is InChI=1S/2CHN.2K/c2*1-2;;/h2*2H;;/q;;2*+1. The van der Waals surface area contributed by atoms with Gasteiger partial charge in [0.15, 0.2) is 0 Å². The van der Waals surface area contributed by atoms with E-state index in [0.29, 0.717) is 0 Å². The van der Waals surface area contributed by atoms with Crippen molar-refractivity contribution >= 4 is 0 Å². The van der Waals surface area contributed by atoms with E-state index in [1.54, 1.807) is 0 Å². The van der Waals surface area contributed by atoms with Crippen LogP contribution in [-0.2, 0) is 0 Å². The molecule has 0 saturated heterocycles. The molecule has 0 bridgehead atoms. The molecule has 0 aliphatic carbocycles. The van der Waals surface area contributed by atoms with Crippen LogP contribution in [0.1, 0.15) is 0 Å². The zero-order valence-corrected chi connectivity index (χ0v) is 10.2. The van der Waals surface area contributed by atoms with Gasteiger partial charge in [0.1, 0.15) is 0 Å². The van der Waals surface area contributed by atoms with E-state index >= 15 is 0 Å². The van der Waals surface area contributed by atoms with E-state index in [1.165, 1.54) is 0 Å². The van der Waals surface area contributed by atoms with E-state index < -0.39 is 0 Å². The minimum Gasteiger partial charge on any atom is -0.335 e. The maximum Gasteiger partial charge on any atom is 1.00 e. The van der Waals surface area contributed by atoms with Gasteiger partial charge < -0.3 is 10.5 Å². The molecule has 2 N–H and O–H groups in total. The van der Waals surface area contributed by atoms with Crippen LogP contribution in [0.3, 0.4) is 0 Å². The molecule has 0 aliphatic heterocycles. The average Bonchev–Trinajstić information content (AvgIpc) is 1.50. The summed E-state index contributed by atoms with van der Waals surface area (Å²) in [6, 6.07) is 0. The third-order valence-electron chi connectivity index (χ3n) is 0. The van der Waals surface area contributed by atoms with Crippen molar-refractivity contribution in [1.82, 2.24) is 0 Å². The second-order valence-corrected chi connectivity index (χ2v) is 0. The second kappa shape index (κ2) is 55.9. The fourth-order valence-corrected chi connectivity index (χ4v) is 0. The number of rotatable bonds is 0. The van der Waals surface area contributed by atoms with E-state index in [0.717, 1.165) is 0 Å². The zero-order chi connectivity index (χ0) is 4.00. The first-order valence-corrected chi connectivity index (χ1v) is 0.500. The molecule has 0 aliphatic rings. The van der Waals surface area contributed by atoms with Crippen LogP contribution in [0, 0.1) is 13.1 Å². The largest absolute Gasteiger partial charge is 1.00 e. The summed E-state index contributed by atoms with van der Waals surface area (Å²) >= 11 is 0. The third kappa shape index (κ3) is 34.0. The zero-order valence-electron chi connectivity index (χ0n) is 4.00. The first-order valence-electron chi connectivity index (χ1n) is 0.500. The van der Waals surface area contributed by atoms with Gasteiger partial charge in [-0.05, 0) is 0 Å². The minimum atomic E-state index is 0. The summed E-state index contributed by atoms with van der Waals surface area (Å²) in [6.07, 6.45) is 0. The maximum atomic E-state index is 5.00. The molecule has 6 heavy (non-hydrogen) atoms. The fraction of sp³-hybridized carbons (Fsp3) is 0. The second-order valence-electron chi connectivity index (χ2n) is 0. The van der Waals surface area contributed by atoms with Crippen molar-refractivity contribution in [2.75, 3.05) is 0 Å². The van der Waals surface area contributed by atoms with Crippen molar-refractivity contribution in [3.63, 3.8) is 0 Å². The molecule has 0 fully saturated rings. The first-order chi connectivity index (χ1) is 2.00. The van der Waals surface area contributed by atoms with Crippen LogP contribution in [0.2, 0.25) is 0 Å². The van der Waals surface area contributed by atoms with Crippen LogP contribution >= 0.6 is 0 Å². The number of hydrogen-bond donors (Lipinski definition) is 2. The molecule has 20 valence electrons. The molecular weight excluding hydrogens is 130 g/mol. The molecule has 0 amide bonds. The molecule has 4 heteroatoms. The molecule has 0 aromatic carbocycles. The summed E-state index contributed by atoms with van der Waals surface area (Å²) < 4.78 is 0. The molecule has 2 nitrogen and oxygen atoms in total. The average molecular weight is 132 g/mol. The molecule has 0 spiro atoms. The van der Waals surface area contributed by atoms with Crippen LogP contribution in [0.4, 0.5) is 0 Å². The summed E-state index contributed by atoms with van der Waals surface area (Å²) in [5.41, 5.74) is 0. The molecule has 0 saturated carbocycles. The first kappa shape index (κ1) is 24.0. The third-order valence-corrected chi connectivity index (χ3v) is 0. The van der Waals surface area contributed by atoms with Crippen LogP contribution in [0.15, 0.2) is 0 Å². The van der Waals surface area contributed by atoms with Gasteiger partial charge in [-0.2, -0.15) is 0 Å². The van der Waals surface area contributed by atoms with Gasteiger partial charge in [-0.3, -0.25) is 0 Å². The van der Waals surface area contributed by atoms with Gasteiger partial charge in [0.25, 0.3) is 0 Å². The summed E-state index contributed by atoms with van der Waals surface area (Å²) in [4.78, 5) is 0. The van der Waals surface area contributed by atoms with Crippen LogP contribution in [-0.4, -0.2) is 0 Å². The molecule has 0 aromatic heterocycles. The Morgan fingerprint density at radius 2 is 0.667 bits per heavy atom. The van der Waals surface area contributed by atoms with E-state index in [4.69, 9.17) is 23.7 Å². The Bertz CT molecular complexity index is 25.0. The Hall–Kier alpha value is 2.25. The van der Waals surface area contributed by atoms with E-state index in [9.17, 15) is 0 Å². The van der Waals surface area contributed by atoms with Crippen molar-refractivity contribution in [2.45, 2.75) is 0 Å². The van der Waals surface area contributed by atoms with Crippen molar-refractivity contribution in [3.05, 3.63) is 13.1 Å².